The molecule has 2 heterocycles. The average Bonchev–Trinajstić information content (AvgIpc) is 3.27. The lowest BCUT2D eigenvalue weighted by molar-refractivity contribution is 0.0467. The highest BCUT2D eigenvalue weighted by Gasteiger charge is 2.33. The molecule has 4 rings (SSSR count). The van der Waals surface area contributed by atoms with Crippen LogP contribution in [-0.4, -0.2) is 26.7 Å². The molecule has 6 nitrogen and oxygen atoms in total. The summed E-state index contributed by atoms with van der Waals surface area (Å²) in [6, 6.07) is 9.80. The number of nitrogens with zero attached hydrogens (tertiary/aromatic N) is 3. The highest BCUT2D eigenvalue weighted by Crippen LogP contribution is 2.37. The molecule has 7 heteroatoms. The molecule has 0 aliphatic heterocycles. The second kappa shape index (κ2) is 6.84. The zero-order valence-electron chi connectivity index (χ0n) is 14.2. The van der Waals surface area contributed by atoms with E-state index in [0.717, 1.165) is 11.1 Å². The van der Waals surface area contributed by atoms with Gasteiger partial charge in [-0.3, -0.25) is 9.48 Å². The fourth-order valence-electron chi connectivity index (χ4n) is 3.27. The van der Waals surface area contributed by atoms with E-state index in [4.69, 9.17) is 4.74 Å². The number of aromatic nitrogens is 3. The minimum absolute atomic E-state index is 0.0673. The second-order valence-electron chi connectivity index (χ2n) is 6.28. The van der Waals surface area contributed by atoms with Gasteiger partial charge in [0.2, 0.25) is 0 Å². The lowest BCUT2D eigenvalue weighted by Gasteiger charge is -2.21. The van der Waals surface area contributed by atoms with Gasteiger partial charge in [0, 0.05) is 18.3 Å². The molecule has 26 heavy (non-hydrogen) atoms. The number of fused-ring (bicyclic) bond motifs is 1. The second-order valence-corrected chi connectivity index (χ2v) is 7.16. The van der Waals surface area contributed by atoms with Crippen molar-refractivity contribution in [2.24, 2.45) is 7.05 Å². The Bertz CT molecular complexity index is 962. The molecule has 2 aromatic heterocycles. The number of rotatable bonds is 4. The Morgan fingerprint density at radius 3 is 2.88 bits per heavy atom. The van der Waals surface area contributed by atoms with Crippen LogP contribution in [-0.2, 0) is 24.8 Å². The maximum absolute atomic E-state index is 12.9. The first-order valence-corrected chi connectivity index (χ1v) is 9.23. The third-order valence-corrected chi connectivity index (χ3v) is 5.58. The predicted octanol–water partition coefficient (Wildman–Crippen LogP) is 3.15. The van der Waals surface area contributed by atoms with Gasteiger partial charge in [-0.25, -0.2) is 4.79 Å². The van der Waals surface area contributed by atoms with Gasteiger partial charge in [-0.2, -0.15) is 0 Å². The van der Waals surface area contributed by atoms with E-state index in [1.807, 2.05) is 30.3 Å². The van der Waals surface area contributed by atoms with Crippen molar-refractivity contribution >= 4 is 23.1 Å². The molecule has 3 aromatic rings. The maximum Gasteiger partial charge on any atom is 0.339 e. The molecule has 0 bridgehead atoms. The maximum atomic E-state index is 12.9. The smallest absolute Gasteiger partial charge is 0.339 e. The summed E-state index contributed by atoms with van der Waals surface area (Å²) in [4.78, 5) is 26.0. The van der Waals surface area contributed by atoms with Crippen molar-refractivity contribution in [2.75, 3.05) is 0 Å². The molecule has 1 aromatic carbocycles. The number of hydrogen-bond acceptors (Lipinski definition) is 6. The van der Waals surface area contributed by atoms with E-state index in [9.17, 15) is 9.59 Å². The van der Waals surface area contributed by atoms with Crippen LogP contribution in [0.15, 0.2) is 41.9 Å². The molecule has 0 radical (unpaired) electrons. The fraction of sp³-hybridized carbons (Fsp3) is 0.263. The number of carbonyl (C=O) groups excluding carboxylic acids is 2. The fourth-order valence-corrected chi connectivity index (χ4v) is 4.36. The van der Waals surface area contributed by atoms with Gasteiger partial charge in [-0.15, -0.1) is 16.4 Å². The summed E-state index contributed by atoms with van der Waals surface area (Å²) in [5, 5.41) is 9.43. The van der Waals surface area contributed by atoms with Crippen molar-refractivity contribution in [2.45, 2.75) is 25.4 Å². The topological polar surface area (TPSA) is 74.1 Å². The number of hydrogen-bond donors (Lipinski definition) is 0. The van der Waals surface area contributed by atoms with E-state index >= 15 is 0 Å². The average molecular weight is 367 g/mol. The molecular formula is C19H17N3O3S. The van der Waals surface area contributed by atoms with Crippen molar-refractivity contribution in [1.82, 2.24) is 15.0 Å². The number of esters is 1. The van der Waals surface area contributed by atoms with Gasteiger partial charge in [-0.05, 0) is 24.0 Å². The summed E-state index contributed by atoms with van der Waals surface area (Å²) < 4.78 is 6.89. The third-order valence-electron chi connectivity index (χ3n) is 4.54. The first-order valence-electron chi connectivity index (χ1n) is 8.35. The van der Waals surface area contributed by atoms with Gasteiger partial charge in [-0.1, -0.05) is 35.5 Å². The van der Waals surface area contributed by atoms with Crippen LogP contribution < -0.4 is 0 Å². The summed E-state index contributed by atoms with van der Waals surface area (Å²) in [6.07, 6.45) is 3.10. The molecule has 0 amide bonds. The molecular weight excluding hydrogens is 350 g/mol. The van der Waals surface area contributed by atoms with Gasteiger partial charge in [0.1, 0.15) is 12.3 Å². The Hall–Kier alpha value is -2.80. The first-order chi connectivity index (χ1) is 12.6. The van der Waals surface area contributed by atoms with Gasteiger partial charge < -0.3 is 4.74 Å². The number of carbonyl (C=O) groups is 2. The Kier molecular flexibility index (Phi) is 4.38. The minimum atomic E-state index is -0.417. The van der Waals surface area contributed by atoms with Crippen LogP contribution in [0.5, 0.6) is 0 Å². The predicted molar refractivity (Wildman–Crippen MR) is 96.3 cm³/mol. The Labute approximate surface area is 154 Å². The summed E-state index contributed by atoms with van der Waals surface area (Å²) in [5.41, 5.74) is 2.93. The minimum Gasteiger partial charge on any atom is -0.455 e. The lowest BCUT2D eigenvalue weighted by Crippen LogP contribution is -2.20. The van der Waals surface area contributed by atoms with Crippen molar-refractivity contribution in [3.63, 3.8) is 0 Å². The standard InChI is InChI=1S/C19H17N3O3S/c1-22-9-13(20-21-22)10-25-19(24)16-11-26-18-15(16)8-7-14(17(18)23)12-5-3-2-4-6-12/h2-6,9,11,14H,7-8,10H2,1H3. The molecule has 0 saturated heterocycles. The van der Waals surface area contributed by atoms with E-state index in [1.54, 1.807) is 23.3 Å². The zero-order chi connectivity index (χ0) is 18.1. The summed E-state index contributed by atoms with van der Waals surface area (Å²) >= 11 is 1.33. The molecule has 1 aliphatic rings. The molecule has 1 aliphatic carbocycles. The molecule has 132 valence electrons. The van der Waals surface area contributed by atoms with Crippen LogP contribution in [0, 0.1) is 0 Å². The van der Waals surface area contributed by atoms with Gasteiger partial charge in [0.15, 0.2) is 5.78 Å². The molecule has 0 fully saturated rings. The van der Waals surface area contributed by atoms with Crippen LogP contribution in [0.2, 0.25) is 0 Å². The highest BCUT2D eigenvalue weighted by molar-refractivity contribution is 7.12. The Morgan fingerprint density at radius 1 is 1.35 bits per heavy atom. The number of benzene rings is 1. The lowest BCUT2D eigenvalue weighted by atomic mass is 9.82. The summed E-state index contributed by atoms with van der Waals surface area (Å²) in [5.74, 6) is -0.458. The Balaban J connectivity index is 1.51. The summed E-state index contributed by atoms with van der Waals surface area (Å²) in [7, 11) is 1.75. The Morgan fingerprint density at radius 2 is 2.15 bits per heavy atom. The molecule has 1 unspecified atom stereocenters. The number of ether oxygens (including phenoxy) is 1. The quantitative estimate of drug-likeness (QED) is 0.662. The summed E-state index contributed by atoms with van der Waals surface area (Å²) in [6.45, 7) is 0.0673. The number of Topliss-reactive ketones (excluding diaryl/α,β-unsaturated/α-hetero) is 1. The number of ketones is 1. The van der Waals surface area contributed by atoms with Gasteiger partial charge >= 0.3 is 5.97 Å². The van der Waals surface area contributed by atoms with Crippen molar-refractivity contribution < 1.29 is 14.3 Å². The van der Waals surface area contributed by atoms with Crippen LogP contribution in [0.25, 0.3) is 0 Å². The monoisotopic (exact) mass is 367 g/mol. The van der Waals surface area contributed by atoms with E-state index < -0.39 is 5.97 Å². The number of aryl methyl sites for hydroxylation is 1. The van der Waals surface area contributed by atoms with Gasteiger partial charge in [0.25, 0.3) is 0 Å². The molecule has 1 atom stereocenters. The van der Waals surface area contributed by atoms with Crippen LogP contribution in [0.4, 0.5) is 0 Å². The molecule has 0 N–H and O–H groups in total. The normalized spacial score (nSPS) is 16.3. The van der Waals surface area contributed by atoms with E-state index in [1.165, 1.54) is 11.3 Å². The molecule has 0 spiro atoms. The van der Waals surface area contributed by atoms with Crippen molar-refractivity contribution in [1.29, 1.82) is 0 Å². The largest absolute Gasteiger partial charge is 0.455 e. The molecule has 0 saturated carbocycles. The van der Waals surface area contributed by atoms with E-state index in [0.29, 0.717) is 29.0 Å². The van der Waals surface area contributed by atoms with E-state index in [2.05, 4.69) is 10.3 Å². The van der Waals surface area contributed by atoms with Gasteiger partial charge in [0.05, 0.1) is 16.6 Å². The SMILES string of the molecule is Cn1cc(COC(=O)c2csc3c2CCC(c2ccccc2)C3=O)nn1. The van der Waals surface area contributed by atoms with E-state index in [-0.39, 0.29) is 18.3 Å². The highest BCUT2D eigenvalue weighted by atomic mass is 32.1. The third kappa shape index (κ3) is 3.06. The first kappa shape index (κ1) is 16.7. The number of thiophene rings is 1. The van der Waals surface area contributed by atoms with Crippen LogP contribution in [0.1, 0.15) is 49.2 Å². The van der Waals surface area contributed by atoms with Crippen LogP contribution >= 0.6 is 11.3 Å². The van der Waals surface area contributed by atoms with Crippen LogP contribution in [0.3, 0.4) is 0 Å². The van der Waals surface area contributed by atoms with Crippen molar-refractivity contribution in [3.8, 4) is 0 Å². The zero-order valence-corrected chi connectivity index (χ0v) is 15.0. The van der Waals surface area contributed by atoms with Crippen molar-refractivity contribution in [3.05, 3.63) is 69.2 Å².